The molecule has 118 valence electrons. The van der Waals surface area contributed by atoms with Crippen LogP contribution in [-0.2, 0) is 4.79 Å². The smallest absolute Gasteiger partial charge is 0.352 e. The highest BCUT2D eigenvalue weighted by Gasteiger charge is 2.13. The van der Waals surface area contributed by atoms with Crippen LogP contribution in [0.4, 0.5) is 0 Å². The summed E-state index contributed by atoms with van der Waals surface area (Å²) in [5.74, 6) is -1.07. The van der Waals surface area contributed by atoms with Crippen molar-refractivity contribution in [1.29, 1.82) is 0 Å². The van der Waals surface area contributed by atoms with Gasteiger partial charge in [0.05, 0.1) is 11.6 Å². The van der Waals surface area contributed by atoms with Crippen molar-refractivity contribution < 1.29 is 19.4 Å². The Labute approximate surface area is 141 Å². The van der Waals surface area contributed by atoms with Crippen LogP contribution in [0.3, 0.4) is 0 Å². The van der Waals surface area contributed by atoms with Crippen molar-refractivity contribution in [2.45, 2.75) is 0 Å². The van der Waals surface area contributed by atoms with Crippen LogP contribution < -0.4 is 10.1 Å². The van der Waals surface area contributed by atoms with Crippen LogP contribution in [0, 0.1) is 0 Å². The predicted molar refractivity (Wildman–Crippen MR) is 90.2 cm³/mol. The van der Waals surface area contributed by atoms with Gasteiger partial charge in [-0.1, -0.05) is 24.3 Å². The fourth-order valence-electron chi connectivity index (χ4n) is 1.87. The topological polar surface area (TPSA) is 75.6 Å². The van der Waals surface area contributed by atoms with Crippen molar-refractivity contribution >= 4 is 33.9 Å². The Balaban J connectivity index is 2.26. The number of halogens is 1. The Morgan fingerprint density at radius 1 is 1.17 bits per heavy atom. The van der Waals surface area contributed by atoms with Crippen molar-refractivity contribution in [3.8, 4) is 5.75 Å². The van der Waals surface area contributed by atoms with Gasteiger partial charge in [0.2, 0.25) is 0 Å². The largest absolute Gasteiger partial charge is 0.496 e. The number of benzene rings is 2. The van der Waals surface area contributed by atoms with Crippen molar-refractivity contribution in [2.24, 2.45) is 0 Å². The molecule has 0 heterocycles. The van der Waals surface area contributed by atoms with Gasteiger partial charge in [0, 0.05) is 5.56 Å². The number of hydrogen-bond donors (Lipinski definition) is 2. The molecule has 1 amide bonds. The Hall–Kier alpha value is -2.60. The fourth-order valence-corrected chi connectivity index (χ4v) is 2.43. The molecule has 0 radical (unpaired) electrons. The van der Waals surface area contributed by atoms with E-state index in [0.29, 0.717) is 21.3 Å². The minimum absolute atomic E-state index is 0.212. The molecule has 0 bridgehead atoms. The first-order chi connectivity index (χ1) is 11.0. The van der Waals surface area contributed by atoms with Crippen LogP contribution in [0.2, 0.25) is 0 Å². The first kappa shape index (κ1) is 16.8. The second-order valence-electron chi connectivity index (χ2n) is 4.58. The molecule has 2 aromatic carbocycles. The van der Waals surface area contributed by atoms with Gasteiger partial charge in [-0.15, -0.1) is 0 Å². The minimum atomic E-state index is -1.22. The highest BCUT2D eigenvalue weighted by Crippen LogP contribution is 2.26. The Morgan fingerprint density at radius 3 is 2.43 bits per heavy atom. The molecule has 0 saturated heterocycles. The second-order valence-corrected chi connectivity index (χ2v) is 5.43. The molecule has 2 N–H and O–H groups in total. The molecule has 5 nitrogen and oxygen atoms in total. The minimum Gasteiger partial charge on any atom is -0.496 e. The van der Waals surface area contributed by atoms with Crippen LogP contribution in [0.25, 0.3) is 6.08 Å². The summed E-state index contributed by atoms with van der Waals surface area (Å²) >= 11 is 3.33. The van der Waals surface area contributed by atoms with Gasteiger partial charge >= 0.3 is 5.97 Å². The van der Waals surface area contributed by atoms with Gasteiger partial charge in [-0.2, -0.15) is 0 Å². The lowest BCUT2D eigenvalue weighted by molar-refractivity contribution is -0.132. The third kappa shape index (κ3) is 4.43. The molecule has 2 rings (SSSR count). The van der Waals surface area contributed by atoms with E-state index in [4.69, 9.17) is 4.74 Å². The zero-order valence-corrected chi connectivity index (χ0v) is 13.8. The molecule has 0 spiro atoms. The molecule has 0 fully saturated rings. The predicted octanol–water partition coefficient (Wildman–Crippen LogP) is 3.31. The molecular weight excluding hydrogens is 362 g/mol. The summed E-state index contributed by atoms with van der Waals surface area (Å²) in [5.41, 5.74) is 0.787. The maximum absolute atomic E-state index is 12.1. The Bertz CT molecular complexity index is 756. The molecule has 0 saturated carbocycles. The molecule has 0 atom stereocenters. The average molecular weight is 376 g/mol. The number of amides is 1. The van der Waals surface area contributed by atoms with Crippen molar-refractivity contribution in [3.05, 3.63) is 69.8 Å². The number of nitrogens with one attached hydrogen (secondary N) is 1. The van der Waals surface area contributed by atoms with Gasteiger partial charge in [0.25, 0.3) is 5.91 Å². The summed E-state index contributed by atoms with van der Waals surface area (Å²) in [7, 11) is 1.54. The molecule has 0 aromatic heterocycles. The molecular formula is C17H14BrNO4. The van der Waals surface area contributed by atoms with Gasteiger partial charge < -0.3 is 15.2 Å². The van der Waals surface area contributed by atoms with Crippen molar-refractivity contribution in [1.82, 2.24) is 5.32 Å². The summed E-state index contributed by atoms with van der Waals surface area (Å²) in [6.45, 7) is 0. The van der Waals surface area contributed by atoms with E-state index in [1.165, 1.54) is 6.08 Å². The van der Waals surface area contributed by atoms with Crippen LogP contribution >= 0.6 is 15.9 Å². The van der Waals surface area contributed by atoms with Crippen LogP contribution in [0.1, 0.15) is 15.9 Å². The Morgan fingerprint density at radius 2 is 1.87 bits per heavy atom. The zero-order chi connectivity index (χ0) is 16.8. The van der Waals surface area contributed by atoms with Crippen molar-refractivity contribution in [2.75, 3.05) is 7.11 Å². The zero-order valence-electron chi connectivity index (χ0n) is 12.2. The summed E-state index contributed by atoms with van der Waals surface area (Å²) in [5, 5.41) is 11.7. The molecule has 6 heteroatoms. The Kier molecular flexibility index (Phi) is 5.54. The number of aliphatic carboxylic acids is 1. The summed E-state index contributed by atoms with van der Waals surface area (Å²) in [6.07, 6.45) is 1.38. The number of methoxy groups -OCH3 is 1. The van der Waals surface area contributed by atoms with E-state index in [0.717, 1.165) is 0 Å². The van der Waals surface area contributed by atoms with Gasteiger partial charge in [-0.25, -0.2) is 4.79 Å². The van der Waals surface area contributed by atoms with Gasteiger partial charge in [0.15, 0.2) is 0 Å². The monoisotopic (exact) mass is 375 g/mol. The van der Waals surface area contributed by atoms with E-state index < -0.39 is 11.9 Å². The quantitative estimate of drug-likeness (QED) is 0.786. The number of ether oxygens (including phenoxy) is 1. The maximum Gasteiger partial charge on any atom is 0.352 e. The lowest BCUT2D eigenvalue weighted by atomic mass is 10.1. The summed E-state index contributed by atoms with van der Waals surface area (Å²) in [6, 6.07) is 13.5. The maximum atomic E-state index is 12.1. The normalized spacial score (nSPS) is 11.0. The number of hydrogen-bond acceptors (Lipinski definition) is 3. The molecule has 2 aromatic rings. The van der Waals surface area contributed by atoms with Crippen LogP contribution in [0.15, 0.2) is 58.7 Å². The fraction of sp³-hybridized carbons (Fsp3) is 0.0588. The number of carbonyl (C=O) groups is 2. The third-order valence-electron chi connectivity index (χ3n) is 3.00. The molecule has 23 heavy (non-hydrogen) atoms. The average Bonchev–Trinajstić information content (AvgIpc) is 2.55. The first-order valence-corrected chi connectivity index (χ1v) is 7.45. The van der Waals surface area contributed by atoms with Gasteiger partial charge in [-0.3, -0.25) is 4.79 Å². The van der Waals surface area contributed by atoms with E-state index in [2.05, 4.69) is 21.2 Å². The van der Waals surface area contributed by atoms with Crippen LogP contribution in [-0.4, -0.2) is 24.1 Å². The van der Waals surface area contributed by atoms with E-state index >= 15 is 0 Å². The van der Waals surface area contributed by atoms with E-state index in [9.17, 15) is 14.7 Å². The molecule has 0 unspecified atom stereocenters. The van der Waals surface area contributed by atoms with E-state index in [-0.39, 0.29) is 5.70 Å². The standard InChI is InChI=1S/C17H14BrNO4/c1-23-15-8-7-11(9-13(15)18)10-14(17(21)22)19-16(20)12-5-3-2-4-6-12/h2-10H,1H3,(H,19,20)(H,21,22). The third-order valence-corrected chi connectivity index (χ3v) is 3.62. The van der Waals surface area contributed by atoms with E-state index in [1.807, 2.05) is 0 Å². The number of carboxylic acid groups (broad SMARTS) is 1. The first-order valence-electron chi connectivity index (χ1n) is 6.66. The van der Waals surface area contributed by atoms with Gasteiger partial charge in [-0.05, 0) is 51.8 Å². The summed E-state index contributed by atoms with van der Waals surface area (Å²) < 4.78 is 5.81. The lowest BCUT2D eigenvalue weighted by Gasteiger charge is -2.07. The number of rotatable bonds is 5. The molecule has 0 aliphatic rings. The van der Waals surface area contributed by atoms with Crippen molar-refractivity contribution in [3.63, 3.8) is 0 Å². The summed E-state index contributed by atoms with van der Waals surface area (Å²) in [4.78, 5) is 23.4. The molecule has 0 aliphatic heterocycles. The lowest BCUT2D eigenvalue weighted by Crippen LogP contribution is -2.27. The number of carboxylic acids is 1. The van der Waals surface area contributed by atoms with Gasteiger partial charge in [0.1, 0.15) is 11.4 Å². The second kappa shape index (κ2) is 7.60. The number of carbonyl (C=O) groups excluding carboxylic acids is 1. The molecule has 0 aliphatic carbocycles. The highest BCUT2D eigenvalue weighted by molar-refractivity contribution is 9.10. The highest BCUT2D eigenvalue weighted by atomic mass is 79.9. The van der Waals surface area contributed by atoms with Crippen LogP contribution in [0.5, 0.6) is 5.75 Å². The van der Waals surface area contributed by atoms with E-state index in [1.54, 1.807) is 55.6 Å². The SMILES string of the molecule is COc1ccc(C=C(NC(=O)c2ccccc2)C(=O)O)cc1Br.